The molecule has 0 unspecified atom stereocenters. The van der Waals surface area contributed by atoms with E-state index in [1.54, 1.807) is 37.6 Å². The van der Waals surface area contributed by atoms with Crippen molar-refractivity contribution in [1.29, 1.82) is 0 Å². The number of anilines is 1. The monoisotopic (exact) mass is 354 g/mol. The third-order valence-corrected chi connectivity index (χ3v) is 3.67. The van der Waals surface area contributed by atoms with E-state index in [-0.39, 0.29) is 11.1 Å². The van der Waals surface area contributed by atoms with Crippen molar-refractivity contribution in [2.75, 3.05) is 12.4 Å². The molecule has 104 valence electrons. The second-order valence-corrected chi connectivity index (χ2v) is 5.31. The number of nitrogens with zero attached hydrogens (tertiary/aromatic N) is 1. The van der Waals surface area contributed by atoms with Crippen molar-refractivity contribution in [1.82, 2.24) is 4.98 Å². The maximum atomic E-state index is 12.2. The Kier molecular flexibility index (Phi) is 4.62. The normalized spacial score (nSPS) is 10.2. The first-order valence-electron chi connectivity index (χ1n) is 5.79. The Morgan fingerprint density at radius 2 is 2.15 bits per heavy atom. The van der Waals surface area contributed by atoms with E-state index in [1.165, 1.54) is 0 Å². The molecule has 1 aromatic carbocycles. The maximum Gasteiger partial charge on any atom is 0.255 e. The van der Waals surface area contributed by atoms with Gasteiger partial charge in [0.2, 0.25) is 0 Å². The van der Waals surface area contributed by atoms with Crippen molar-refractivity contribution >= 4 is 39.1 Å². The highest BCUT2D eigenvalue weighted by molar-refractivity contribution is 9.10. The van der Waals surface area contributed by atoms with Gasteiger partial charge in [-0.2, -0.15) is 0 Å². The lowest BCUT2D eigenvalue weighted by atomic mass is 10.2. The molecule has 1 aromatic heterocycles. The predicted octanol–water partition coefficient (Wildman–Crippen LogP) is 4.07. The standard InChI is InChI=1S/C14H12BrClN2O2/c1-8-5-6-17-13(16)12(8)18-14(19)9-3-4-11(20-2)10(15)7-9/h3-7H,1-2H3,(H,18,19). The molecule has 0 saturated heterocycles. The summed E-state index contributed by atoms with van der Waals surface area (Å²) in [6.07, 6.45) is 1.59. The molecule has 2 aromatic rings. The average Bonchev–Trinajstić information content (AvgIpc) is 2.42. The SMILES string of the molecule is COc1ccc(C(=O)Nc2c(C)ccnc2Cl)cc1Br. The van der Waals surface area contributed by atoms with Crippen LogP contribution in [0.15, 0.2) is 34.9 Å². The summed E-state index contributed by atoms with van der Waals surface area (Å²) >= 11 is 9.33. The highest BCUT2D eigenvalue weighted by Gasteiger charge is 2.12. The molecule has 2 rings (SSSR count). The summed E-state index contributed by atoms with van der Waals surface area (Å²) in [6.45, 7) is 1.85. The lowest BCUT2D eigenvalue weighted by Crippen LogP contribution is -2.13. The van der Waals surface area contributed by atoms with E-state index < -0.39 is 0 Å². The quantitative estimate of drug-likeness (QED) is 0.845. The molecule has 1 N–H and O–H groups in total. The van der Waals surface area contributed by atoms with E-state index in [4.69, 9.17) is 16.3 Å². The maximum absolute atomic E-state index is 12.2. The Bertz CT molecular complexity index is 641. The largest absolute Gasteiger partial charge is 0.496 e. The minimum atomic E-state index is -0.258. The highest BCUT2D eigenvalue weighted by atomic mass is 79.9. The number of hydrogen-bond donors (Lipinski definition) is 1. The van der Waals surface area contributed by atoms with Crippen LogP contribution in [0.4, 0.5) is 5.69 Å². The van der Waals surface area contributed by atoms with Crippen molar-refractivity contribution in [3.8, 4) is 5.75 Å². The van der Waals surface area contributed by atoms with Gasteiger partial charge in [0.15, 0.2) is 5.15 Å². The minimum Gasteiger partial charge on any atom is -0.496 e. The zero-order valence-electron chi connectivity index (χ0n) is 10.9. The molecule has 6 heteroatoms. The highest BCUT2D eigenvalue weighted by Crippen LogP contribution is 2.27. The van der Waals surface area contributed by atoms with Crippen LogP contribution in [0.25, 0.3) is 0 Å². The van der Waals surface area contributed by atoms with Gasteiger partial charge in [-0.15, -0.1) is 0 Å². The summed E-state index contributed by atoms with van der Waals surface area (Å²) in [5, 5.41) is 3.03. The average molecular weight is 356 g/mol. The third kappa shape index (κ3) is 3.11. The molecule has 0 atom stereocenters. The topological polar surface area (TPSA) is 51.2 Å². The van der Waals surface area contributed by atoms with Gasteiger partial charge in [-0.1, -0.05) is 11.6 Å². The Balaban J connectivity index is 2.26. The molecule has 0 aliphatic heterocycles. The fourth-order valence-corrected chi connectivity index (χ4v) is 2.46. The first kappa shape index (κ1) is 14.8. The molecule has 0 bridgehead atoms. The second kappa shape index (κ2) is 6.24. The zero-order valence-corrected chi connectivity index (χ0v) is 13.2. The number of aromatic nitrogens is 1. The molecule has 0 aliphatic carbocycles. The van der Waals surface area contributed by atoms with Crippen LogP contribution in [-0.2, 0) is 0 Å². The van der Waals surface area contributed by atoms with Gasteiger partial charge in [0, 0.05) is 11.8 Å². The number of carbonyl (C=O) groups is 1. The summed E-state index contributed by atoms with van der Waals surface area (Å²) in [6, 6.07) is 6.87. The van der Waals surface area contributed by atoms with Crippen LogP contribution in [0.5, 0.6) is 5.75 Å². The van der Waals surface area contributed by atoms with Crippen LogP contribution in [0, 0.1) is 6.92 Å². The number of pyridine rings is 1. The summed E-state index contributed by atoms with van der Waals surface area (Å²) < 4.78 is 5.84. The molecule has 20 heavy (non-hydrogen) atoms. The van der Waals surface area contributed by atoms with Crippen LogP contribution >= 0.6 is 27.5 Å². The van der Waals surface area contributed by atoms with Crippen molar-refractivity contribution < 1.29 is 9.53 Å². The molecular formula is C14H12BrClN2O2. The van der Waals surface area contributed by atoms with Crippen LogP contribution in [-0.4, -0.2) is 18.0 Å². The molecule has 0 aliphatic rings. The van der Waals surface area contributed by atoms with Gasteiger partial charge in [0.25, 0.3) is 5.91 Å². The van der Waals surface area contributed by atoms with Crippen LogP contribution in [0.1, 0.15) is 15.9 Å². The fourth-order valence-electron chi connectivity index (χ4n) is 1.67. The van der Waals surface area contributed by atoms with Crippen molar-refractivity contribution in [3.63, 3.8) is 0 Å². The molecular weight excluding hydrogens is 344 g/mol. The molecule has 0 saturated carbocycles. The first-order chi connectivity index (χ1) is 9.52. The van der Waals surface area contributed by atoms with Gasteiger partial charge in [0.05, 0.1) is 17.3 Å². The summed E-state index contributed by atoms with van der Waals surface area (Å²) in [7, 11) is 1.57. The zero-order chi connectivity index (χ0) is 14.7. The summed E-state index contributed by atoms with van der Waals surface area (Å²) in [5.41, 5.74) is 1.87. The third-order valence-electron chi connectivity index (χ3n) is 2.77. The van der Waals surface area contributed by atoms with E-state index in [2.05, 4.69) is 26.2 Å². The predicted molar refractivity (Wildman–Crippen MR) is 82.6 cm³/mol. The lowest BCUT2D eigenvalue weighted by molar-refractivity contribution is 0.102. The Morgan fingerprint density at radius 3 is 2.75 bits per heavy atom. The number of carbonyl (C=O) groups excluding carboxylic acids is 1. The van der Waals surface area contributed by atoms with Gasteiger partial charge in [-0.3, -0.25) is 4.79 Å². The fraction of sp³-hybridized carbons (Fsp3) is 0.143. The lowest BCUT2D eigenvalue weighted by Gasteiger charge is -2.10. The number of ether oxygens (including phenoxy) is 1. The number of benzene rings is 1. The van der Waals surface area contributed by atoms with Gasteiger partial charge in [-0.05, 0) is 52.7 Å². The van der Waals surface area contributed by atoms with Crippen molar-refractivity contribution in [2.24, 2.45) is 0 Å². The van der Waals surface area contributed by atoms with Crippen LogP contribution in [0.3, 0.4) is 0 Å². The summed E-state index contributed by atoms with van der Waals surface area (Å²) in [4.78, 5) is 16.2. The molecule has 4 nitrogen and oxygen atoms in total. The van der Waals surface area contributed by atoms with Crippen LogP contribution < -0.4 is 10.1 Å². The molecule has 0 radical (unpaired) electrons. The Labute approximate surface area is 130 Å². The summed E-state index contributed by atoms with van der Waals surface area (Å²) in [5.74, 6) is 0.406. The van der Waals surface area contributed by atoms with Crippen molar-refractivity contribution in [2.45, 2.75) is 6.92 Å². The van der Waals surface area contributed by atoms with E-state index in [0.29, 0.717) is 21.5 Å². The number of amides is 1. The number of methoxy groups -OCH3 is 1. The first-order valence-corrected chi connectivity index (χ1v) is 6.96. The molecule has 0 fully saturated rings. The number of rotatable bonds is 3. The Morgan fingerprint density at radius 1 is 1.40 bits per heavy atom. The van der Waals surface area contributed by atoms with E-state index >= 15 is 0 Å². The Hall–Kier alpha value is -1.59. The van der Waals surface area contributed by atoms with Gasteiger partial charge in [-0.25, -0.2) is 4.98 Å². The van der Waals surface area contributed by atoms with Crippen molar-refractivity contribution in [3.05, 3.63) is 51.2 Å². The second-order valence-electron chi connectivity index (χ2n) is 4.10. The van der Waals surface area contributed by atoms with Gasteiger partial charge >= 0.3 is 0 Å². The number of halogens is 2. The van der Waals surface area contributed by atoms with Gasteiger partial charge < -0.3 is 10.1 Å². The van der Waals surface area contributed by atoms with Crippen LogP contribution in [0.2, 0.25) is 5.15 Å². The number of aryl methyl sites for hydroxylation is 1. The molecule has 0 spiro atoms. The minimum absolute atomic E-state index is 0.258. The van der Waals surface area contributed by atoms with Gasteiger partial charge in [0.1, 0.15) is 5.75 Å². The smallest absolute Gasteiger partial charge is 0.255 e. The van der Waals surface area contributed by atoms with E-state index in [0.717, 1.165) is 5.56 Å². The van der Waals surface area contributed by atoms with E-state index in [1.807, 2.05) is 6.92 Å². The van der Waals surface area contributed by atoms with E-state index in [9.17, 15) is 4.79 Å². The number of hydrogen-bond acceptors (Lipinski definition) is 3. The number of nitrogens with one attached hydrogen (secondary N) is 1. The molecule has 1 heterocycles. The molecule has 1 amide bonds.